The Kier molecular flexibility index (Phi) is 4.06. The minimum Gasteiger partial charge on any atom is -0.481 e. The van der Waals surface area contributed by atoms with E-state index in [-0.39, 0.29) is 12.3 Å². The summed E-state index contributed by atoms with van der Waals surface area (Å²) >= 11 is 6.40. The van der Waals surface area contributed by atoms with Gasteiger partial charge in [0.1, 0.15) is 5.69 Å². The zero-order chi connectivity index (χ0) is 16.6. The van der Waals surface area contributed by atoms with Crippen molar-refractivity contribution in [3.63, 3.8) is 0 Å². The van der Waals surface area contributed by atoms with E-state index in [1.807, 2.05) is 24.3 Å². The second kappa shape index (κ2) is 5.89. The van der Waals surface area contributed by atoms with Crippen LogP contribution >= 0.6 is 11.6 Å². The van der Waals surface area contributed by atoms with Gasteiger partial charge in [-0.1, -0.05) is 42.6 Å². The topological polar surface area (TPSA) is 71.3 Å². The normalized spacial score (nSPS) is 16.6. The van der Waals surface area contributed by atoms with E-state index < -0.39 is 11.5 Å². The van der Waals surface area contributed by atoms with Crippen LogP contribution in [-0.4, -0.2) is 27.1 Å². The highest BCUT2D eigenvalue weighted by Crippen LogP contribution is 2.35. The van der Waals surface area contributed by atoms with Crippen molar-refractivity contribution in [2.24, 2.45) is 7.05 Å². The van der Waals surface area contributed by atoms with Crippen LogP contribution in [-0.2, 0) is 11.8 Å². The lowest BCUT2D eigenvalue weighted by Gasteiger charge is -2.28. The molecular weight excluding hydrogens is 316 g/mol. The van der Waals surface area contributed by atoms with Crippen molar-refractivity contribution in [1.82, 2.24) is 9.88 Å². The van der Waals surface area contributed by atoms with Gasteiger partial charge in [0.15, 0.2) is 0 Å². The van der Waals surface area contributed by atoms with E-state index in [0.29, 0.717) is 23.6 Å². The molecule has 1 heterocycles. The van der Waals surface area contributed by atoms with Gasteiger partial charge in [-0.25, -0.2) is 0 Å². The molecule has 1 aliphatic carbocycles. The van der Waals surface area contributed by atoms with Gasteiger partial charge in [0.05, 0.1) is 17.0 Å². The van der Waals surface area contributed by atoms with Gasteiger partial charge in [-0.05, 0) is 18.9 Å². The number of para-hydroxylation sites is 1. The van der Waals surface area contributed by atoms with Crippen LogP contribution in [0.3, 0.4) is 0 Å². The highest BCUT2D eigenvalue weighted by atomic mass is 35.5. The van der Waals surface area contributed by atoms with Crippen molar-refractivity contribution >= 4 is 34.4 Å². The summed E-state index contributed by atoms with van der Waals surface area (Å²) in [4.78, 5) is 24.0. The fraction of sp³-hybridized carbons (Fsp3) is 0.412. The number of hydrogen-bond acceptors (Lipinski definition) is 2. The molecule has 23 heavy (non-hydrogen) atoms. The maximum atomic E-state index is 12.8. The monoisotopic (exact) mass is 334 g/mol. The van der Waals surface area contributed by atoms with Gasteiger partial charge in [0.25, 0.3) is 5.91 Å². The number of benzene rings is 1. The molecule has 1 aliphatic rings. The molecule has 6 heteroatoms. The van der Waals surface area contributed by atoms with Crippen molar-refractivity contribution in [3.05, 3.63) is 35.0 Å². The summed E-state index contributed by atoms with van der Waals surface area (Å²) in [5.74, 6) is -1.20. The highest BCUT2D eigenvalue weighted by Gasteiger charge is 2.38. The number of carboxylic acid groups (broad SMARTS) is 1. The minimum absolute atomic E-state index is 0.0553. The SMILES string of the molecule is Cn1c(C(=O)NC2(CC(=O)O)CCCC2)c(Cl)c2ccccc21. The van der Waals surface area contributed by atoms with Crippen molar-refractivity contribution in [2.45, 2.75) is 37.6 Å². The first kappa shape index (κ1) is 15.9. The Labute approximate surface area is 139 Å². The molecule has 2 N–H and O–H groups in total. The number of aliphatic carboxylic acids is 1. The number of carbonyl (C=O) groups is 2. The molecule has 2 aromatic rings. The Balaban J connectivity index is 1.96. The van der Waals surface area contributed by atoms with Crippen LogP contribution in [0.15, 0.2) is 24.3 Å². The van der Waals surface area contributed by atoms with E-state index in [9.17, 15) is 9.59 Å². The van der Waals surface area contributed by atoms with E-state index in [1.54, 1.807) is 11.6 Å². The quantitative estimate of drug-likeness (QED) is 0.900. The van der Waals surface area contributed by atoms with E-state index >= 15 is 0 Å². The molecule has 3 rings (SSSR count). The molecule has 1 aromatic heterocycles. The van der Waals surface area contributed by atoms with Gasteiger partial charge in [-0.2, -0.15) is 0 Å². The smallest absolute Gasteiger partial charge is 0.305 e. The van der Waals surface area contributed by atoms with E-state index in [4.69, 9.17) is 16.7 Å². The fourth-order valence-electron chi connectivity index (χ4n) is 3.59. The molecule has 1 amide bonds. The number of nitrogens with zero attached hydrogens (tertiary/aromatic N) is 1. The first-order chi connectivity index (χ1) is 10.9. The third-order valence-electron chi connectivity index (χ3n) is 4.69. The molecule has 0 radical (unpaired) electrons. The summed E-state index contributed by atoms with van der Waals surface area (Å²) in [6.07, 6.45) is 3.17. The van der Waals surface area contributed by atoms with Gasteiger partial charge in [-0.15, -0.1) is 0 Å². The summed E-state index contributed by atoms with van der Waals surface area (Å²) in [5, 5.41) is 13.3. The Morgan fingerprint density at radius 2 is 1.96 bits per heavy atom. The summed E-state index contributed by atoms with van der Waals surface area (Å²) < 4.78 is 1.76. The summed E-state index contributed by atoms with van der Waals surface area (Å²) in [7, 11) is 1.79. The average molecular weight is 335 g/mol. The molecule has 5 nitrogen and oxygen atoms in total. The zero-order valence-corrected chi connectivity index (χ0v) is 13.7. The molecular formula is C17H19ClN2O3. The largest absolute Gasteiger partial charge is 0.481 e. The van der Waals surface area contributed by atoms with Gasteiger partial charge in [0, 0.05) is 18.0 Å². The molecule has 0 spiro atoms. The summed E-state index contributed by atoms with van der Waals surface area (Å²) in [6, 6.07) is 7.54. The molecule has 0 unspecified atom stereocenters. The van der Waals surface area contributed by atoms with Crippen molar-refractivity contribution in [2.75, 3.05) is 0 Å². The molecule has 1 saturated carbocycles. The predicted octanol–water partition coefficient (Wildman–Crippen LogP) is 3.35. The first-order valence-electron chi connectivity index (χ1n) is 7.71. The minimum atomic E-state index is -0.893. The zero-order valence-electron chi connectivity index (χ0n) is 12.9. The van der Waals surface area contributed by atoms with Crippen LogP contribution in [0.2, 0.25) is 5.02 Å². The third-order valence-corrected chi connectivity index (χ3v) is 5.07. The van der Waals surface area contributed by atoms with Gasteiger partial charge in [0.2, 0.25) is 0 Å². The molecule has 1 aromatic carbocycles. The summed E-state index contributed by atoms with van der Waals surface area (Å²) in [6.45, 7) is 0. The number of carbonyl (C=O) groups excluding carboxylic acids is 1. The van der Waals surface area contributed by atoms with Crippen LogP contribution < -0.4 is 5.32 Å². The number of aryl methyl sites for hydroxylation is 1. The average Bonchev–Trinajstić information content (AvgIpc) is 3.03. The van der Waals surface area contributed by atoms with Gasteiger partial charge >= 0.3 is 5.97 Å². The fourth-order valence-corrected chi connectivity index (χ4v) is 3.96. The second-order valence-corrected chi connectivity index (χ2v) is 6.63. The molecule has 1 fully saturated rings. The second-order valence-electron chi connectivity index (χ2n) is 6.25. The third kappa shape index (κ3) is 2.81. The van der Waals surface area contributed by atoms with Crippen LogP contribution in [0.4, 0.5) is 0 Å². The number of fused-ring (bicyclic) bond motifs is 1. The van der Waals surface area contributed by atoms with Gasteiger partial charge < -0.3 is 15.0 Å². The van der Waals surface area contributed by atoms with Crippen LogP contribution in [0.1, 0.15) is 42.6 Å². The highest BCUT2D eigenvalue weighted by molar-refractivity contribution is 6.38. The number of halogens is 1. The van der Waals surface area contributed by atoms with Crippen molar-refractivity contribution in [1.29, 1.82) is 0 Å². The van der Waals surface area contributed by atoms with Crippen LogP contribution in [0.25, 0.3) is 10.9 Å². The van der Waals surface area contributed by atoms with Crippen molar-refractivity contribution < 1.29 is 14.7 Å². The maximum Gasteiger partial charge on any atom is 0.305 e. The lowest BCUT2D eigenvalue weighted by atomic mass is 9.93. The number of carboxylic acids is 1. The number of rotatable bonds is 4. The lowest BCUT2D eigenvalue weighted by Crippen LogP contribution is -2.48. The molecule has 0 atom stereocenters. The molecule has 122 valence electrons. The standard InChI is InChI=1S/C17H19ClN2O3/c1-20-12-7-3-2-6-11(12)14(18)15(20)16(23)19-17(10-13(21)22)8-4-5-9-17/h2-3,6-7H,4-5,8-10H2,1H3,(H,19,23)(H,21,22). The van der Waals surface area contributed by atoms with E-state index in [0.717, 1.165) is 23.7 Å². The Hall–Kier alpha value is -2.01. The number of hydrogen-bond donors (Lipinski definition) is 2. The molecule has 0 saturated heterocycles. The lowest BCUT2D eigenvalue weighted by molar-refractivity contribution is -0.138. The predicted molar refractivity (Wildman–Crippen MR) is 88.8 cm³/mol. The van der Waals surface area contributed by atoms with Crippen LogP contribution in [0.5, 0.6) is 0 Å². The summed E-state index contributed by atoms with van der Waals surface area (Å²) in [5.41, 5.74) is 0.591. The molecule has 0 aliphatic heterocycles. The number of amides is 1. The Morgan fingerprint density at radius 3 is 2.57 bits per heavy atom. The van der Waals surface area contributed by atoms with E-state index in [2.05, 4.69) is 5.32 Å². The molecule has 0 bridgehead atoms. The Morgan fingerprint density at radius 1 is 1.30 bits per heavy atom. The van der Waals surface area contributed by atoms with E-state index in [1.165, 1.54) is 0 Å². The number of aromatic nitrogens is 1. The first-order valence-corrected chi connectivity index (χ1v) is 8.08. The van der Waals surface area contributed by atoms with Crippen molar-refractivity contribution in [3.8, 4) is 0 Å². The Bertz CT molecular complexity index is 736. The maximum absolute atomic E-state index is 12.8. The number of nitrogens with one attached hydrogen (secondary N) is 1. The van der Waals surface area contributed by atoms with Gasteiger partial charge in [-0.3, -0.25) is 9.59 Å². The van der Waals surface area contributed by atoms with Crippen LogP contribution in [0, 0.1) is 0 Å².